The molecule has 1 nitrogen and oxygen atoms in total. The summed E-state index contributed by atoms with van der Waals surface area (Å²) in [5.74, 6) is 0. The number of hydrogen-bond acceptors (Lipinski definition) is 1. The van der Waals surface area contributed by atoms with Gasteiger partial charge < -0.3 is 5.73 Å². The summed E-state index contributed by atoms with van der Waals surface area (Å²) in [5.41, 5.74) is 9.34. The number of hydrogen-bond donors (Lipinski definition) is 1. The summed E-state index contributed by atoms with van der Waals surface area (Å²) in [6, 6.07) is 9.01. The van der Waals surface area contributed by atoms with Gasteiger partial charge in [-0.1, -0.05) is 37.6 Å². The highest BCUT2D eigenvalue weighted by Gasteiger charge is 2.26. The number of benzene rings is 1. The Kier molecular flexibility index (Phi) is 3.93. The second-order valence-electron chi connectivity index (χ2n) is 5.84. The Balaban J connectivity index is 2.11. The maximum atomic E-state index is 6.10. The fourth-order valence-corrected chi connectivity index (χ4v) is 3.09. The molecule has 92 valence electrons. The summed E-state index contributed by atoms with van der Waals surface area (Å²) < 4.78 is 1.29. The van der Waals surface area contributed by atoms with Gasteiger partial charge in [-0.2, -0.15) is 0 Å². The van der Waals surface area contributed by atoms with E-state index in [1.807, 2.05) is 0 Å². The van der Waals surface area contributed by atoms with Crippen LogP contribution in [-0.2, 0) is 6.42 Å². The largest absolute Gasteiger partial charge is 0.324 e. The van der Waals surface area contributed by atoms with Crippen molar-refractivity contribution in [2.24, 2.45) is 11.1 Å². The Morgan fingerprint density at radius 3 is 2.53 bits per heavy atom. The van der Waals surface area contributed by atoms with Crippen LogP contribution in [0.1, 0.15) is 32.3 Å². The first kappa shape index (κ1) is 13.1. The number of allylic oxidation sites excluding steroid dienone is 1. The minimum absolute atomic E-state index is 0.234. The molecule has 1 unspecified atom stereocenters. The Morgan fingerprint density at radius 2 is 1.94 bits per heavy atom. The monoisotopic (exact) mass is 341 g/mol. The fraction of sp³-hybridized carbons (Fsp3) is 0.467. The van der Waals surface area contributed by atoms with Crippen molar-refractivity contribution in [2.45, 2.75) is 39.2 Å². The Hall–Kier alpha value is -0.350. The van der Waals surface area contributed by atoms with E-state index in [2.05, 4.69) is 66.8 Å². The molecular formula is C15H20IN. The molecule has 17 heavy (non-hydrogen) atoms. The van der Waals surface area contributed by atoms with Crippen LogP contribution in [0.5, 0.6) is 0 Å². The van der Waals surface area contributed by atoms with Crippen LogP contribution in [-0.4, -0.2) is 6.04 Å². The molecule has 0 bridgehead atoms. The van der Waals surface area contributed by atoms with Crippen LogP contribution in [0.2, 0.25) is 0 Å². The average Bonchev–Trinajstić information content (AvgIpc) is 2.18. The van der Waals surface area contributed by atoms with Gasteiger partial charge in [0.1, 0.15) is 0 Å². The first-order valence-electron chi connectivity index (χ1n) is 6.14. The van der Waals surface area contributed by atoms with E-state index in [0.717, 1.165) is 12.8 Å². The molecule has 0 amide bonds. The molecule has 0 spiro atoms. The Labute approximate surface area is 118 Å². The van der Waals surface area contributed by atoms with Crippen LogP contribution in [0.4, 0.5) is 0 Å². The van der Waals surface area contributed by atoms with Crippen molar-refractivity contribution in [3.8, 4) is 0 Å². The van der Waals surface area contributed by atoms with Crippen molar-refractivity contribution < 1.29 is 0 Å². The van der Waals surface area contributed by atoms with Crippen molar-refractivity contribution in [3.63, 3.8) is 0 Å². The lowest BCUT2D eigenvalue weighted by Crippen LogP contribution is -2.31. The first-order chi connectivity index (χ1) is 7.94. The summed E-state index contributed by atoms with van der Waals surface area (Å²) in [7, 11) is 0. The van der Waals surface area contributed by atoms with Gasteiger partial charge in [-0.05, 0) is 65.0 Å². The zero-order chi connectivity index (χ0) is 12.5. The zero-order valence-electron chi connectivity index (χ0n) is 10.5. The third-order valence-electron chi connectivity index (χ3n) is 3.29. The zero-order valence-corrected chi connectivity index (χ0v) is 12.7. The number of halogens is 1. The normalized spacial score (nSPS) is 23.3. The van der Waals surface area contributed by atoms with Crippen LogP contribution in [0.15, 0.2) is 35.9 Å². The number of nitrogens with two attached hydrogens (primary N) is 1. The molecule has 0 aromatic heterocycles. The summed E-state index contributed by atoms with van der Waals surface area (Å²) in [6.07, 6.45) is 5.59. The maximum Gasteiger partial charge on any atom is 0.0231 e. The molecular weight excluding hydrogens is 321 g/mol. The summed E-state index contributed by atoms with van der Waals surface area (Å²) in [5, 5.41) is 0. The van der Waals surface area contributed by atoms with Gasteiger partial charge >= 0.3 is 0 Å². The third-order valence-corrected chi connectivity index (χ3v) is 4.01. The summed E-state index contributed by atoms with van der Waals surface area (Å²) >= 11 is 2.34. The highest BCUT2D eigenvalue weighted by molar-refractivity contribution is 14.1. The molecule has 0 saturated heterocycles. The van der Waals surface area contributed by atoms with Crippen molar-refractivity contribution in [3.05, 3.63) is 45.0 Å². The van der Waals surface area contributed by atoms with E-state index in [0.29, 0.717) is 5.41 Å². The molecule has 2 heteroatoms. The van der Waals surface area contributed by atoms with E-state index in [1.54, 1.807) is 0 Å². The van der Waals surface area contributed by atoms with Gasteiger partial charge in [0.2, 0.25) is 0 Å². The highest BCUT2D eigenvalue weighted by atomic mass is 127. The molecule has 1 atom stereocenters. The standard InChI is InChI=1S/C15H20IN/c1-15(2)9-12(8-14(17)10-15)7-11-3-5-13(16)6-4-11/h3-6,8,14H,7,9-10,17H2,1-2H3. The summed E-state index contributed by atoms with van der Waals surface area (Å²) in [6.45, 7) is 4.63. The van der Waals surface area contributed by atoms with E-state index in [9.17, 15) is 0 Å². The van der Waals surface area contributed by atoms with E-state index in [-0.39, 0.29) is 6.04 Å². The Bertz CT molecular complexity index is 417. The molecule has 0 aliphatic heterocycles. The molecule has 0 radical (unpaired) electrons. The van der Waals surface area contributed by atoms with Gasteiger partial charge in [-0.25, -0.2) is 0 Å². The minimum atomic E-state index is 0.234. The van der Waals surface area contributed by atoms with Crippen molar-refractivity contribution in [1.82, 2.24) is 0 Å². The lowest BCUT2D eigenvalue weighted by molar-refractivity contribution is 0.299. The maximum absolute atomic E-state index is 6.10. The molecule has 1 aromatic carbocycles. The van der Waals surface area contributed by atoms with Crippen molar-refractivity contribution in [1.29, 1.82) is 0 Å². The predicted molar refractivity (Wildman–Crippen MR) is 81.9 cm³/mol. The van der Waals surface area contributed by atoms with E-state index in [4.69, 9.17) is 5.73 Å². The quantitative estimate of drug-likeness (QED) is 0.641. The molecule has 2 rings (SSSR count). The van der Waals surface area contributed by atoms with Gasteiger partial charge in [0.15, 0.2) is 0 Å². The van der Waals surface area contributed by atoms with Crippen LogP contribution in [0.25, 0.3) is 0 Å². The second-order valence-corrected chi connectivity index (χ2v) is 7.08. The molecule has 1 aliphatic rings. The van der Waals surface area contributed by atoms with Gasteiger partial charge in [0, 0.05) is 9.61 Å². The van der Waals surface area contributed by atoms with E-state index < -0.39 is 0 Å². The molecule has 1 aromatic rings. The Morgan fingerprint density at radius 1 is 1.29 bits per heavy atom. The molecule has 0 heterocycles. The van der Waals surface area contributed by atoms with Gasteiger partial charge in [0.25, 0.3) is 0 Å². The number of rotatable bonds is 2. The molecule has 1 aliphatic carbocycles. The van der Waals surface area contributed by atoms with E-state index >= 15 is 0 Å². The fourth-order valence-electron chi connectivity index (χ4n) is 2.73. The predicted octanol–water partition coefficient (Wildman–Crippen LogP) is 3.91. The third kappa shape index (κ3) is 3.81. The van der Waals surface area contributed by atoms with Crippen LogP contribution in [0.3, 0.4) is 0 Å². The van der Waals surface area contributed by atoms with Crippen LogP contribution in [0, 0.1) is 8.99 Å². The second kappa shape index (κ2) is 5.11. The van der Waals surface area contributed by atoms with Gasteiger partial charge in [-0.15, -0.1) is 0 Å². The topological polar surface area (TPSA) is 26.0 Å². The van der Waals surface area contributed by atoms with Gasteiger partial charge in [-0.3, -0.25) is 0 Å². The van der Waals surface area contributed by atoms with Crippen molar-refractivity contribution in [2.75, 3.05) is 0 Å². The molecule has 2 N–H and O–H groups in total. The van der Waals surface area contributed by atoms with Crippen molar-refractivity contribution >= 4 is 22.6 Å². The van der Waals surface area contributed by atoms with Crippen LogP contribution < -0.4 is 5.73 Å². The average molecular weight is 341 g/mol. The van der Waals surface area contributed by atoms with E-state index in [1.165, 1.54) is 21.1 Å². The van der Waals surface area contributed by atoms with Gasteiger partial charge in [0.05, 0.1) is 0 Å². The first-order valence-corrected chi connectivity index (χ1v) is 7.22. The SMILES string of the molecule is CC1(C)CC(Cc2ccc(I)cc2)=CC(N)C1. The minimum Gasteiger partial charge on any atom is -0.324 e. The highest BCUT2D eigenvalue weighted by Crippen LogP contribution is 2.35. The van der Waals surface area contributed by atoms with Crippen LogP contribution >= 0.6 is 22.6 Å². The molecule has 0 fully saturated rings. The smallest absolute Gasteiger partial charge is 0.0231 e. The molecule has 0 saturated carbocycles. The lowest BCUT2D eigenvalue weighted by atomic mass is 9.74. The summed E-state index contributed by atoms with van der Waals surface area (Å²) in [4.78, 5) is 0. The lowest BCUT2D eigenvalue weighted by Gasteiger charge is -2.33.